The molecular formula is C11H12. The topological polar surface area (TPSA) is 0 Å². The van der Waals surface area contributed by atoms with Crippen molar-refractivity contribution in [3.63, 3.8) is 0 Å². The second-order valence-electron chi connectivity index (χ2n) is 2.32. The Morgan fingerprint density at radius 2 is 1.82 bits per heavy atom. The Hall–Kier alpha value is -1.30. The predicted octanol–water partition coefficient (Wildman–Crippen LogP) is 1.45. The van der Waals surface area contributed by atoms with Crippen LogP contribution in [0.5, 0.6) is 0 Å². The number of hydrogen-bond acceptors (Lipinski definition) is 0. The largest absolute Gasteiger partial charge is 0.0990 e. The van der Waals surface area contributed by atoms with Gasteiger partial charge in [-0.2, -0.15) is 0 Å². The molecule has 0 saturated heterocycles. The van der Waals surface area contributed by atoms with E-state index in [1.165, 1.54) is 10.4 Å². The lowest BCUT2D eigenvalue weighted by Gasteiger charge is -1.86. The first kappa shape index (κ1) is 7.80. The van der Waals surface area contributed by atoms with Gasteiger partial charge in [-0.3, -0.25) is 0 Å². The molecule has 0 saturated carbocycles. The molecule has 0 N–H and O–H groups in total. The molecule has 56 valence electrons. The molecule has 0 spiro atoms. The number of hydrogen-bond donors (Lipinski definition) is 0. The van der Waals surface area contributed by atoms with Gasteiger partial charge < -0.3 is 0 Å². The zero-order valence-electron chi connectivity index (χ0n) is 6.75. The Morgan fingerprint density at radius 1 is 1.18 bits per heavy atom. The van der Waals surface area contributed by atoms with Crippen molar-refractivity contribution in [2.75, 3.05) is 0 Å². The van der Waals surface area contributed by atoms with Gasteiger partial charge in [0.15, 0.2) is 0 Å². The van der Waals surface area contributed by atoms with Crippen molar-refractivity contribution in [1.29, 1.82) is 0 Å². The molecule has 0 heteroatoms. The highest BCUT2D eigenvalue weighted by molar-refractivity contribution is 5.37. The number of benzene rings is 1. The molecule has 1 aromatic rings. The van der Waals surface area contributed by atoms with Crippen LogP contribution in [0, 0.1) is 0 Å². The summed E-state index contributed by atoms with van der Waals surface area (Å²) >= 11 is 0. The Bertz CT molecular complexity index is 345. The summed E-state index contributed by atoms with van der Waals surface area (Å²) in [6, 6.07) is 8.24. The van der Waals surface area contributed by atoms with Crippen LogP contribution in [0.2, 0.25) is 0 Å². The summed E-state index contributed by atoms with van der Waals surface area (Å²) in [5, 5.41) is 2.48. The Morgan fingerprint density at radius 3 is 2.36 bits per heavy atom. The van der Waals surface area contributed by atoms with Crippen LogP contribution in [-0.4, -0.2) is 0 Å². The SMILES string of the molecule is C=C/C=c1/cccc/c1=C/C. The molecule has 0 bridgehead atoms. The van der Waals surface area contributed by atoms with E-state index in [1.54, 1.807) is 0 Å². The van der Waals surface area contributed by atoms with Gasteiger partial charge in [0.05, 0.1) is 0 Å². The van der Waals surface area contributed by atoms with Crippen LogP contribution in [0.3, 0.4) is 0 Å². The average molecular weight is 144 g/mol. The highest BCUT2D eigenvalue weighted by Gasteiger charge is 1.78. The van der Waals surface area contributed by atoms with E-state index in [-0.39, 0.29) is 0 Å². The maximum absolute atomic E-state index is 3.66. The summed E-state index contributed by atoms with van der Waals surface area (Å²) in [7, 11) is 0. The monoisotopic (exact) mass is 144 g/mol. The normalized spacial score (nSPS) is 13.5. The molecule has 0 aliphatic rings. The van der Waals surface area contributed by atoms with Gasteiger partial charge in [0.2, 0.25) is 0 Å². The summed E-state index contributed by atoms with van der Waals surface area (Å²) in [4.78, 5) is 0. The van der Waals surface area contributed by atoms with Crippen molar-refractivity contribution in [3.8, 4) is 0 Å². The van der Waals surface area contributed by atoms with Crippen molar-refractivity contribution >= 4 is 12.2 Å². The lowest BCUT2D eigenvalue weighted by atomic mass is 10.2. The molecule has 0 unspecified atom stereocenters. The van der Waals surface area contributed by atoms with E-state index in [9.17, 15) is 0 Å². The molecule has 0 aliphatic heterocycles. The van der Waals surface area contributed by atoms with E-state index in [1.807, 2.05) is 31.2 Å². The molecule has 0 aliphatic carbocycles. The Balaban J connectivity index is 3.48. The molecule has 0 amide bonds. The van der Waals surface area contributed by atoms with E-state index >= 15 is 0 Å². The van der Waals surface area contributed by atoms with E-state index in [2.05, 4.69) is 24.8 Å². The highest BCUT2D eigenvalue weighted by Crippen LogP contribution is 1.72. The van der Waals surface area contributed by atoms with Crippen LogP contribution < -0.4 is 10.4 Å². The van der Waals surface area contributed by atoms with E-state index in [0.717, 1.165) is 0 Å². The first-order valence-electron chi connectivity index (χ1n) is 3.72. The minimum Gasteiger partial charge on any atom is -0.0990 e. The van der Waals surface area contributed by atoms with Crippen molar-refractivity contribution in [1.82, 2.24) is 0 Å². The number of rotatable bonds is 1. The van der Waals surface area contributed by atoms with Crippen LogP contribution in [0.1, 0.15) is 6.92 Å². The molecule has 0 fully saturated rings. The predicted molar refractivity (Wildman–Crippen MR) is 50.5 cm³/mol. The van der Waals surface area contributed by atoms with Gasteiger partial charge in [0.25, 0.3) is 0 Å². The smallest absolute Gasteiger partial charge is 0.0188 e. The zero-order chi connectivity index (χ0) is 8.10. The molecule has 0 heterocycles. The summed E-state index contributed by atoms with van der Waals surface area (Å²) in [5.41, 5.74) is 0. The highest BCUT2D eigenvalue weighted by atomic mass is 13.8. The molecule has 0 aromatic heterocycles. The molecule has 1 aromatic carbocycles. The van der Waals surface area contributed by atoms with Gasteiger partial charge in [-0.05, 0) is 17.4 Å². The van der Waals surface area contributed by atoms with E-state index in [0.29, 0.717) is 0 Å². The van der Waals surface area contributed by atoms with Crippen molar-refractivity contribution in [2.45, 2.75) is 6.92 Å². The first-order chi connectivity index (χ1) is 5.38. The van der Waals surface area contributed by atoms with Gasteiger partial charge in [0, 0.05) is 0 Å². The summed E-state index contributed by atoms with van der Waals surface area (Å²) in [5.74, 6) is 0. The summed E-state index contributed by atoms with van der Waals surface area (Å²) in [6.07, 6.45) is 5.91. The lowest BCUT2D eigenvalue weighted by molar-refractivity contribution is 1.51. The van der Waals surface area contributed by atoms with Gasteiger partial charge >= 0.3 is 0 Å². The maximum Gasteiger partial charge on any atom is -0.0188 e. The summed E-state index contributed by atoms with van der Waals surface area (Å²) < 4.78 is 0. The average Bonchev–Trinajstić information content (AvgIpc) is 2.06. The second kappa shape index (κ2) is 3.77. The Labute approximate surface area is 67.2 Å². The third-order valence-electron chi connectivity index (χ3n) is 1.60. The lowest BCUT2D eigenvalue weighted by Crippen LogP contribution is -2.22. The van der Waals surface area contributed by atoms with Gasteiger partial charge in [-0.25, -0.2) is 0 Å². The van der Waals surface area contributed by atoms with Crippen LogP contribution >= 0.6 is 0 Å². The fourth-order valence-electron chi connectivity index (χ4n) is 1.05. The number of allylic oxidation sites excluding steroid dienone is 1. The fraction of sp³-hybridized carbons (Fsp3) is 0.0909. The molecule has 0 nitrogen and oxygen atoms in total. The van der Waals surface area contributed by atoms with Crippen molar-refractivity contribution in [3.05, 3.63) is 47.4 Å². The third-order valence-corrected chi connectivity index (χ3v) is 1.60. The third kappa shape index (κ3) is 1.81. The van der Waals surface area contributed by atoms with Crippen LogP contribution in [-0.2, 0) is 0 Å². The molecule has 0 atom stereocenters. The molecular weight excluding hydrogens is 132 g/mol. The van der Waals surface area contributed by atoms with Gasteiger partial charge in [-0.15, -0.1) is 0 Å². The van der Waals surface area contributed by atoms with Crippen molar-refractivity contribution in [2.24, 2.45) is 0 Å². The summed E-state index contributed by atoms with van der Waals surface area (Å²) in [6.45, 7) is 5.70. The quantitative estimate of drug-likeness (QED) is 0.559. The molecule has 0 radical (unpaired) electrons. The molecule has 11 heavy (non-hydrogen) atoms. The standard InChI is InChI=1S/C11H12/c1-3-7-11-9-6-5-8-10(11)4-2/h3-9H,1H2,2H3/b10-4-,11-7-. The fourth-order valence-corrected chi connectivity index (χ4v) is 1.05. The van der Waals surface area contributed by atoms with Crippen LogP contribution in [0.15, 0.2) is 36.9 Å². The van der Waals surface area contributed by atoms with E-state index < -0.39 is 0 Å². The van der Waals surface area contributed by atoms with Crippen LogP contribution in [0.25, 0.3) is 12.2 Å². The van der Waals surface area contributed by atoms with Gasteiger partial charge in [0.1, 0.15) is 0 Å². The van der Waals surface area contributed by atoms with E-state index in [4.69, 9.17) is 0 Å². The maximum atomic E-state index is 3.66. The van der Waals surface area contributed by atoms with Crippen molar-refractivity contribution < 1.29 is 0 Å². The molecule has 1 rings (SSSR count). The second-order valence-corrected chi connectivity index (χ2v) is 2.32. The zero-order valence-corrected chi connectivity index (χ0v) is 6.75. The first-order valence-corrected chi connectivity index (χ1v) is 3.72. The minimum atomic E-state index is 1.23. The van der Waals surface area contributed by atoms with Crippen LogP contribution in [0.4, 0.5) is 0 Å². The van der Waals surface area contributed by atoms with Gasteiger partial charge in [-0.1, -0.05) is 49.1 Å². The Kier molecular flexibility index (Phi) is 2.67. The minimum absolute atomic E-state index is 1.23.